The summed E-state index contributed by atoms with van der Waals surface area (Å²) in [5.41, 5.74) is 4.21. The Morgan fingerprint density at radius 1 is 0.750 bits per heavy atom. The minimum atomic E-state index is -0.593. The van der Waals surface area contributed by atoms with Crippen molar-refractivity contribution < 1.29 is 5.11 Å². The quantitative estimate of drug-likeness (QED) is 0.826. The second-order valence-corrected chi connectivity index (χ2v) is 6.04. The molecule has 2 aromatic rings. The number of hydrogen-bond acceptors (Lipinski definition) is 1. The van der Waals surface area contributed by atoms with Crippen LogP contribution in [0.3, 0.4) is 0 Å². The summed E-state index contributed by atoms with van der Waals surface area (Å²) >= 11 is 0. The van der Waals surface area contributed by atoms with Crippen molar-refractivity contribution >= 4 is 0 Å². The molecule has 1 nitrogen and oxygen atoms in total. The van der Waals surface area contributed by atoms with Crippen LogP contribution in [0.15, 0.2) is 48.5 Å². The lowest BCUT2D eigenvalue weighted by Gasteiger charge is -2.32. The van der Waals surface area contributed by atoms with Crippen LogP contribution in [0.2, 0.25) is 0 Å². The standard InChI is InChI=1S/C19H22O/c1-15-5-7-16(8-6-15)17-9-11-18(12-10-17)19(20)13-3-2-4-14-19/h5-12,20H,2-4,13-14H2,1H3. The Bertz CT molecular complexity index is 560. The number of benzene rings is 2. The molecule has 1 N–H and O–H groups in total. The molecular weight excluding hydrogens is 244 g/mol. The fraction of sp³-hybridized carbons (Fsp3) is 0.368. The van der Waals surface area contributed by atoms with Gasteiger partial charge in [-0.2, -0.15) is 0 Å². The minimum Gasteiger partial charge on any atom is -0.385 e. The van der Waals surface area contributed by atoms with E-state index in [1.165, 1.54) is 23.1 Å². The first-order valence-corrected chi connectivity index (χ1v) is 7.57. The van der Waals surface area contributed by atoms with Gasteiger partial charge in [-0.25, -0.2) is 0 Å². The Balaban J connectivity index is 1.85. The molecule has 0 spiro atoms. The molecule has 1 heteroatoms. The van der Waals surface area contributed by atoms with Gasteiger partial charge < -0.3 is 5.11 Å². The van der Waals surface area contributed by atoms with Gasteiger partial charge in [0.1, 0.15) is 0 Å². The number of aryl methyl sites for hydroxylation is 1. The van der Waals surface area contributed by atoms with Gasteiger partial charge in [-0.15, -0.1) is 0 Å². The number of aliphatic hydroxyl groups is 1. The van der Waals surface area contributed by atoms with E-state index in [9.17, 15) is 5.11 Å². The summed E-state index contributed by atoms with van der Waals surface area (Å²) in [6, 6.07) is 17.0. The van der Waals surface area contributed by atoms with Crippen molar-refractivity contribution in [2.24, 2.45) is 0 Å². The largest absolute Gasteiger partial charge is 0.385 e. The molecule has 1 fully saturated rings. The monoisotopic (exact) mass is 266 g/mol. The highest BCUT2D eigenvalue weighted by atomic mass is 16.3. The second kappa shape index (κ2) is 5.41. The molecule has 0 aromatic heterocycles. The lowest BCUT2D eigenvalue weighted by atomic mass is 9.79. The van der Waals surface area contributed by atoms with E-state index in [1.807, 2.05) is 0 Å². The van der Waals surface area contributed by atoms with Crippen LogP contribution in [0.5, 0.6) is 0 Å². The predicted octanol–water partition coefficient (Wildman–Crippen LogP) is 4.81. The molecule has 0 unspecified atom stereocenters. The fourth-order valence-corrected chi connectivity index (χ4v) is 3.14. The van der Waals surface area contributed by atoms with Crippen molar-refractivity contribution in [2.75, 3.05) is 0 Å². The van der Waals surface area contributed by atoms with E-state index in [0.29, 0.717) is 0 Å². The van der Waals surface area contributed by atoms with Gasteiger partial charge in [0.25, 0.3) is 0 Å². The van der Waals surface area contributed by atoms with E-state index in [1.54, 1.807) is 0 Å². The third-order valence-corrected chi connectivity index (χ3v) is 4.49. The molecule has 0 saturated heterocycles. The molecule has 1 saturated carbocycles. The van der Waals surface area contributed by atoms with E-state index < -0.39 is 5.60 Å². The van der Waals surface area contributed by atoms with Crippen molar-refractivity contribution in [1.82, 2.24) is 0 Å². The molecule has 1 aliphatic rings. The highest BCUT2D eigenvalue weighted by Gasteiger charge is 2.30. The zero-order valence-electron chi connectivity index (χ0n) is 12.1. The normalized spacial score (nSPS) is 17.9. The van der Waals surface area contributed by atoms with Crippen LogP contribution in [0, 0.1) is 6.92 Å². The molecule has 20 heavy (non-hydrogen) atoms. The average molecular weight is 266 g/mol. The van der Waals surface area contributed by atoms with E-state index in [4.69, 9.17) is 0 Å². The van der Waals surface area contributed by atoms with Gasteiger partial charge in [-0.3, -0.25) is 0 Å². The first-order chi connectivity index (χ1) is 9.67. The van der Waals surface area contributed by atoms with Gasteiger partial charge >= 0.3 is 0 Å². The maximum Gasteiger partial charge on any atom is 0.0896 e. The highest BCUT2D eigenvalue weighted by molar-refractivity contribution is 5.64. The Kier molecular flexibility index (Phi) is 3.62. The average Bonchev–Trinajstić information content (AvgIpc) is 2.49. The number of hydrogen-bond donors (Lipinski definition) is 1. The van der Waals surface area contributed by atoms with Crippen LogP contribution >= 0.6 is 0 Å². The molecule has 2 aromatic carbocycles. The minimum absolute atomic E-state index is 0.593. The Labute approximate surface area is 121 Å². The summed E-state index contributed by atoms with van der Waals surface area (Å²) in [6.07, 6.45) is 5.32. The van der Waals surface area contributed by atoms with E-state index in [0.717, 1.165) is 31.2 Å². The van der Waals surface area contributed by atoms with Crippen molar-refractivity contribution in [3.8, 4) is 11.1 Å². The van der Waals surface area contributed by atoms with E-state index in [-0.39, 0.29) is 0 Å². The summed E-state index contributed by atoms with van der Waals surface area (Å²) < 4.78 is 0. The first kappa shape index (κ1) is 13.4. The van der Waals surface area contributed by atoms with E-state index in [2.05, 4.69) is 55.5 Å². The van der Waals surface area contributed by atoms with Gasteiger partial charge in [-0.05, 0) is 36.5 Å². The fourth-order valence-electron chi connectivity index (χ4n) is 3.14. The number of rotatable bonds is 2. The molecule has 0 heterocycles. The Hall–Kier alpha value is -1.60. The molecular formula is C19H22O. The van der Waals surface area contributed by atoms with Crippen molar-refractivity contribution in [3.05, 3.63) is 59.7 Å². The molecule has 0 radical (unpaired) electrons. The Morgan fingerprint density at radius 2 is 1.25 bits per heavy atom. The van der Waals surface area contributed by atoms with Crippen LogP contribution in [-0.4, -0.2) is 5.11 Å². The summed E-state index contributed by atoms with van der Waals surface area (Å²) in [6.45, 7) is 2.10. The maximum absolute atomic E-state index is 10.7. The lowest BCUT2D eigenvalue weighted by Crippen LogP contribution is -2.28. The van der Waals surface area contributed by atoms with Gasteiger partial charge in [0.2, 0.25) is 0 Å². The molecule has 0 amide bonds. The van der Waals surface area contributed by atoms with Crippen molar-refractivity contribution in [1.29, 1.82) is 0 Å². The first-order valence-electron chi connectivity index (χ1n) is 7.57. The summed E-state index contributed by atoms with van der Waals surface area (Å²) in [5.74, 6) is 0. The summed E-state index contributed by atoms with van der Waals surface area (Å²) in [7, 11) is 0. The molecule has 1 aliphatic carbocycles. The third kappa shape index (κ3) is 2.64. The van der Waals surface area contributed by atoms with Gasteiger partial charge in [0.15, 0.2) is 0 Å². The molecule has 0 bridgehead atoms. The zero-order valence-corrected chi connectivity index (χ0v) is 12.1. The topological polar surface area (TPSA) is 20.2 Å². The summed E-state index contributed by atoms with van der Waals surface area (Å²) in [5, 5.41) is 10.7. The smallest absolute Gasteiger partial charge is 0.0896 e. The molecule has 3 rings (SSSR count). The lowest BCUT2D eigenvalue weighted by molar-refractivity contribution is -0.000612. The van der Waals surface area contributed by atoms with Crippen LogP contribution in [0.25, 0.3) is 11.1 Å². The van der Waals surface area contributed by atoms with Gasteiger partial charge in [0.05, 0.1) is 5.60 Å². The van der Waals surface area contributed by atoms with Gasteiger partial charge in [-0.1, -0.05) is 73.4 Å². The van der Waals surface area contributed by atoms with Crippen LogP contribution in [0.4, 0.5) is 0 Å². The molecule has 0 aliphatic heterocycles. The summed E-state index contributed by atoms with van der Waals surface area (Å²) in [4.78, 5) is 0. The van der Waals surface area contributed by atoms with Crippen LogP contribution in [-0.2, 0) is 5.60 Å². The SMILES string of the molecule is Cc1ccc(-c2ccc(C3(O)CCCCC3)cc2)cc1. The molecule has 104 valence electrons. The van der Waals surface area contributed by atoms with Crippen LogP contribution in [0.1, 0.15) is 43.2 Å². The van der Waals surface area contributed by atoms with E-state index >= 15 is 0 Å². The zero-order chi connectivity index (χ0) is 14.0. The van der Waals surface area contributed by atoms with Gasteiger partial charge in [0, 0.05) is 0 Å². The predicted molar refractivity (Wildman–Crippen MR) is 83.6 cm³/mol. The van der Waals surface area contributed by atoms with Crippen LogP contribution < -0.4 is 0 Å². The third-order valence-electron chi connectivity index (χ3n) is 4.49. The maximum atomic E-state index is 10.7. The highest BCUT2D eigenvalue weighted by Crippen LogP contribution is 2.37. The van der Waals surface area contributed by atoms with Crippen molar-refractivity contribution in [3.63, 3.8) is 0 Å². The van der Waals surface area contributed by atoms with Crippen molar-refractivity contribution in [2.45, 2.75) is 44.6 Å². The Morgan fingerprint density at radius 3 is 1.80 bits per heavy atom. The second-order valence-electron chi connectivity index (χ2n) is 6.04. The molecule has 0 atom stereocenters.